The summed E-state index contributed by atoms with van der Waals surface area (Å²) in [6.07, 6.45) is 3.61. The molecule has 1 aliphatic heterocycles. The predicted octanol–water partition coefficient (Wildman–Crippen LogP) is 3.54. The standard InChI is InChI=1S/C21H20F2N4O2.ClH/c1-29-17-4-2-3-16(14-17)27-8-7-24-21(27)26-11-9-25(10-12-26)20(28)15-5-6-18(22)19(23)13-15;/h2-8,13-14H,9-12H2,1H3;1H. The van der Waals surface area contributed by atoms with E-state index in [1.54, 1.807) is 18.2 Å². The molecule has 1 aliphatic rings. The van der Waals surface area contributed by atoms with Crippen LogP contribution < -0.4 is 9.64 Å². The third-order valence-electron chi connectivity index (χ3n) is 4.97. The maximum atomic E-state index is 13.4. The lowest BCUT2D eigenvalue weighted by atomic mass is 10.1. The molecule has 158 valence electrons. The van der Waals surface area contributed by atoms with Crippen LogP contribution in [0.1, 0.15) is 10.4 Å². The van der Waals surface area contributed by atoms with E-state index in [4.69, 9.17) is 4.74 Å². The molecule has 2 heterocycles. The molecular formula is C21H21ClF2N4O2. The number of amides is 1. The van der Waals surface area contributed by atoms with Crippen molar-refractivity contribution in [1.82, 2.24) is 14.5 Å². The van der Waals surface area contributed by atoms with Gasteiger partial charge in [-0.05, 0) is 30.3 Å². The van der Waals surface area contributed by atoms with Crippen LogP contribution in [0.2, 0.25) is 0 Å². The Hall–Kier alpha value is -3.13. The summed E-state index contributed by atoms with van der Waals surface area (Å²) in [5, 5.41) is 0. The maximum Gasteiger partial charge on any atom is 0.254 e. The first-order valence-electron chi connectivity index (χ1n) is 9.24. The molecule has 0 atom stereocenters. The topological polar surface area (TPSA) is 50.6 Å². The Kier molecular flexibility index (Phi) is 6.56. The van der Waals surface area contributed by atoms with Gasteiger partial charge in [0.2, 0.25) is 5.95 Å². The van der Waals surface area contributed by atoms with Gasteiger partial charge in [-0.15, -0.1) is 12.4 Å². The Morgan fingerprint density at radius 3 is 2.50 bits per heavy atom. The average molecular weight is 435 g/mol. The summed E-state index contributed by atoms with van der Waals surface area (Å²) in [6.45, 7) is 2.08. The predicted molar refractivity (Wildman–Crippen MR) is 112 cm³/mol. The van der Waals surface area contributed by atoms with E-state index in [1.165, 1.54) is 6.07 Å². The summed E-state index contributed by atoms with van der Waals surface area (Å²) in [5.74, 6) is -0.757. The van der Waals surface area contributed by atoms with Gasteiger partial charge in [0.15, 0.2) is 11.6 Å². The fourth-order valence-corrected chi connectivity index (χ4v) is 3.41. The molecule has 1 aromatic heterocycles. The van der Waals surface area contributed by atoms with E-state index >= 15 is 0 Å². The van der Waals surface area contributed by atoms with E-state index in [-0.39, 0.29) is 23.9 Å². The minimum absolute atomic E-state index is 0. The van der Waals surface area contributed by atoms with Gasteiger partial charge < -0.3 is 14.5 Å². The van der Waals surface area contributed by atoms with Crippen molar-refractivity contribution in [2.24, 2.45) is 0 Å². The van der Waals surface area contributed by atoms with Crippen LogP contribution in [0.3, 0.4) is 0 Å². The minimum atomic E-state index is -1.02. The number of hydrogen-bond donors (Lipinski definition) is 0. The summed E-state index contributed by atoms with van der Waals surface area (Å²) in [4.78, 5) is 20.8. The van der Waals surface area contributed by atoms with Crippen LogP contribution >= 0.6 is 12.4 Å². The van der Waals surface area contributed by atoms with Gasteiger partial charge in [0.05, 0.1) is 12.8 Å². The zero-order valence-electron chi connectivity index (χ0n) is 16.3. The van der Waals surface area contributed by atoms with Crippen LogP contribution in [0.25, 0.3) is 5.69 Å². The molecule has 1 fully saturated rings. The molecule has 0 radical (unpaired) electrons. The molecule has 30 heavy (non-hydrogen) atoms. The summed E-state index contributed by atoms with van der Waals surface area (Å²) >= 11 is 0. The van der Waals surface area contributed by atoms with Gasteiger partial charge in [-0.25, -0.2) is 13.8 Å². The summed E-state index contributed by atoms with van der Waals surface area (Å²) in [5.41, 5.74) is 1.08. The van der Waals surface area contributed by atoms with Crippen molar-refractivity contribution in [1.29, 1.82) is 0 Å². The van der Waals surface area contributed by atoms with Crippen LogP contribution in [0.4, 0.5) is 14.7 Å². The van der Waals surface area contributed by atoms with E-state index in [2.05, 4.69) is 9.88 Å². The SMILES string of the molecule is COc1cccc(-n2ccnc2N2CCN(C(=O)c3ccc(F)c(F)c3)CC2)c1.Cl. The van der Waals surface area contributed by atoms with Gasteiger partial charge in [-0.3, -0.25) is 9.36 Å². The van der Waals surface area contributed by atoms with Crippen LogP contribution in [0, 0.1) is 11.6 Å². The first-order chi connectivity index (χ1) is 14.1. The number of benzene rings is 2. The number of anilines is 1. The number of halogens is 3. The number of carbonyl (C=O) groups excluding carboxylic acids is 1. The van der Waals surface area contributed by atoms with Gasteiger partial charge in [-0.2, -0.15) is 0 Å². The fourth-order valence-electron chi connectivity index (χ4n) is 3.41. The van der Waals surface area contributed by atoms with Crippen molar-refractivity contribution in [2.45, 2.75) is 0 Å². The highest BCUT2D eigenvalue weighted by Gasteiger charge is 2.25. The highest BCUT2D eigenvalue weighted by Crippen LogP contribution is 2.23. The molecule has 1 saturated heterocycles. The molecule has 6 nitrogen and oxygen atoms in total. The molecule has 0 bridgehead atoms. The van der Waals surface area contributed by atoms with Crippen molar-refractivity contribution < 1.29 is 18.3 Å². The third kappa shape index (κ3) is 4.23. The number of methoxy groups -OCH3 is 1. The maximum absolute atomic E-state index is 13.4. The highest BCUT2D eigenvalue weighted by atomic mass is 35.5. The number of hydrogen-bond acceptors (Lipinski definition) is 4. The van der Waals surface area contributed by atoms with Crippen molar-refractivity contribution in [3.05, 3.63) is 72.1 Å². The first kappa shape index (κ1) is 21.6. The average Bonchev–Trinajstić information content (AvgIpc) is 3.25. The molecule has 0 unspecified atom stereocenters. The number of aromatic nitrogens is 2. The highest BCUT2D eigenvalue weighted by molar-refractivity contribution is 5.94. The zero-order chi connectivity index (χ0) is 20.4. The Labute approximate surface area is 179 Å². The monoisotopic (exact) mass is 434 g/mol. The van der Waals surface area contributed by atoms with Crippen molar-refractivity contribution in [2.75, 3.05) is 38.2 Å². The lowest BCUT2D eigenvalue weighted by Crippen LogP contribution is -2.49. The Bertz CT molecular complexity index is 1040. The number of imidazole rings is 1. The van der Waals surface area contributed by atoms with Crippen LogP contribution in [0.15, 0.2) is 54.9 Å². The first-order valence-corrected chi connectivity index (χ1v) is 9.24. The minimum Gasteiger partial charge on any atom is -0.497 e. The Morgan fingerprint density at radius 1 is 1.03 bits per heavy atom. The van der Waals surface area contributed by atoms with Crippen molar-refractivity contribution >= 4 is 24.3 Å². The molecule has 3 aromatic rings. The van der Waals surface area contributed by atoms with Gasteiger partial charge in [-0.1, -0.05) is 6.07 Å². The van der Waals surface area contributed by atoms with Crippen LogP contribution in [-0.2, 0) is 0 Å². The smallest absolute Gasteiger partial charge is 0.254 e. The van der Waals surface area contributed by atoms with E-state index in [9.17, 15) is 13.6 Å². The number of nitrogens with zero attached hydrogens (tertiary/aromatic N) is 4. The molecule has 2 aromatic carbocycles. The fraction of sp³-hybridized carbons (Fsp3) is 0.238. The molecule has 1 amide bonds. The second kappa shape index (κ2) is 9.13. The normalized spacial score (nSPS) is 13.7. The molecule has 0 saturated carbocycles. The largest absolute Gasteiger partial charge is 0.497 e. The Morgan fingerprint density at radius 2 is 1.80 bits per heavy atom. The number of rotatable bonds is 4. The zero-order valence-corrected chi connectivity index (χ0v) is 17.1. The van der Waals surface area contributed by atoms with E-state index < -0.39 is 11.6 Å². The lowest BCUT2D eigenvalue weighted by molar-refractivity contribution is 0.0745. The molecule has 4 rings (SSSR count). The van der Waals surface area contributed by atoms with E-state index in [0.29, 0.717) is 26.2 Å². The second-order valence-electron chi connectivity index (χ2n) is 6.71. The number of ether oxygens (including phenoxy) is 1. The van der Waals surface area contributed by atoms with E-state index in [0.717, 1.165) is 29.5 Å². The van der Waals surface area contributed by atoms with Crippen LogP contribution in [-0.4, -0.2) is 53.6 Å². The molecular weight excluding hydrogens is 414 g/mol. The van der Waals surface area contributed by atoms with Gasteiger partial charge in [0.25, 0.3) is 5.91 Å². The summed E-state index contributed by atoms with van der Waals surface area (Å²) in [6, 6.07) is 10.9. The number of carbonyl (C=O) groups is 1. The molecule has 0 spiro atoms. The van der Waals surface area contributed by atoms with Crippen LogP contribution in [0.5, 0.6) is 5.75 Å². The second-order valence-corrected chi connectivity index (χ2v) is 6.71. The molecule has 0 aliphatic carbocycles. The summed E-state index contributed by atoms with van der Waals surface area (Å²) < 4.78 is 33.8. The van der Waals surface area contributed by atoms with Crippen molar-refractivity contribution in [3.8, 4) is 11.4 Å². The number of piperazine rings is 1. The quantitative estimate of drug-likeness (QED) is 0.630. The molecule has 9 heteroatoms. The third-order valence-corrected chi connectivity index (χ3v) is 4.97. The lowest BCUT2D eigenvalue weighted by Gasteiger charge is -2.35. The van der Waals surface area contributed by atoms with Gasteiger partial charge in [0, 0.05) is 50.2 Å². The van der Waals surface area contributed by atoms with Crippen molar-refractivity contribution in [3.63, 3.8) is 0 Å². The summed E-state index contributed by atoms with van der Waals surface area (Å²) in [7, 11) is 1.62. The van der Waals surface area contributed by atoms with Gasteiger partial charge in [0.1, 0.15) is 5.75 Å². The van der Waals surface area contributed by atoms with E-state index in [1.807, 2.05) is 35.0 Å². The molecule has 0 N–H and O–H groups in total. The Balaban J connectivity index is 0.00000256. The van der Waals surface area contributed by atoms with Gasteiger partial charge >= 0.3 is 0 Å².